The van der Waals surface area contributed by atoms with Crippen LogP contribution in [0.1, 0.15) is 47.5 Å². The van der Waals surface area contributed by atoms with Gasteiger partial charge >= 0.3 is 17.9 Å². The highest BCUT2D eigenvalue weighted by molar-refractivity contribution is 5.66. The average Bonchev–Trinajstić information content (AvgIpc) is 2.18. The molecule has 0 amide bonds. The second kappa shape index (κ2) is 17.8. The summed E-state index contributed by atoms with van der Waals surface area (Å²) < 4.78 is 8.81. The van der Waals surface area contributed by atoms with Crippen LogP contribution in [-0.2, 0) is 23.9 Å². The molecule has 18 heavy (non-hydrogen) atoms. The number of aliphatic carboxylic acids is 1. The number of carbonyl (C=O) groups excluding carboxylic acids is 2. The van der Waals surface area contributed by atoms with E-state index in [1.165, 1.54) is 13.8 Å². The molecule has 108 valence electrons. The predicted octanol–water partition coefficient (Wildman–Crippen LogP) is 2.01. The minimum absolute atomic E-state index is 0.211. The van der Waals surface area contributed by atoms with Crippen LogP contribution in [0.25, 0.3) is 0 Å². The van der Waals surface area contributed by atoms with Crippen molar-refractivity contribution in [3.63, 3.8) is 0 Å². The van der Waals surface area contributed by atoms with Gasteiger partial charge in [-0.15, -0.1) is 0 Å². The van der Waals surface area contributed by atoms with Gasteiger partial charge in [-0.2, -0.15) is 0 Å². The summed E-state index contributed by atoms with van der Waals surface area (Å²) in [7, 11) is 0. The molecular formula is C12H24O6. The van der Waals surface area contributed by atoms with Crippen molar-refractivity contribution in [1.29, 1.82) is 0 Å². The Morgan fingerprint density at radius 3 is 1.22 bits per heavy atom. The third-order valence-electron chi connectivity index (χ3n) is 1.16. The van der Waals surface area contributed by atoms with Gasteiger partial charge in [0.25, 0.3) is 0 Å². The number of carboxylic acid groups (broad SMARTS) is 1. The first kappa shape index (κ1) is 21.7. The van der Waals surface area contributed by atoms with Crippen LogP contribution in [0.4, 0.5) is 0 Å². The summed E-state index contributed by atoms with van der Waals surface area (Å²) in [5, 5.41) is 7.91. The number of hydrogen-bond donors (Lipinski definition) is 1. The zero-order valence-electron chi connectivity index (χ0n) is 11.8. The lowest BCUT2D eigenvalue weighted by Gasteiger charge is -1.89. The second-order valence-corrected chi connectivity index (χ2v) is 2.99. The molecule has 0 aromatic rings. The summed E-state index contributed by atoms with van der Waals surface area (Å²) in [6, 6.07) is 0. The lowest BCUT2D eigenvalue weighted by molar-refractivity contribution is -0.141. The van der Waals surface area contributed by atoms with Crippen molar-refractivity contribution in [3.05, 3.63) is 0 Å². The molecule has 0 atom stereocenters. The Labute approximate surface area is 108 Å². The number of carbonyl (C=O) groups is 3. The highest BCUT2D eigenvalue weighted by Crippen LogP contribution is 1.82. The molecule has 0 radical (unpaired) electrons. The summed E-state index contributed by atoms with van der Waals surface area (Å²) in [5.74, 6) is -1.13. The molecule has 0 aliphatic heterocycles. The van der Waals surface area contributed by atoms with Gasteiger partial charge < -0.3 is 14.6 Å². The molecule has 0 bridgehead atoms. The highest BCUT2D eigenvalue weighted by atomic mass is 16.5. The maximum Gasteiger partial charge on any atom is 0.303 e. The van der Waals surface area contributed by atoms with E-state index < -0.39 is 5.97 Å². The van der Waals surface area contributed by atoms with Gasteiger partial charge in [0.2, 0.25) is 0 Å². The molecular weight excluding hydrogens is 240 g/mol. The van der Waals surface area contributed by atoms with Crippen LogP contribution in [0.2, 0.25) is 0 Å². The van der Waals surface area contributed by atoms with Crippen molar-refractivity contribution in [2.24, 2.45) is 0 Å². The van der Waals surface area contributed by atoms with Crippen LogP contribution in [0, 0.1) is 0 Å². The van der Waals surface area contributed by atoms with Gasteiger partial charge in [0.1, 0.15) is 0 Å². The van der Waals surface area contributed by atoms with Crippen LogP contribution >= 0.6 is 0 Å². The quantitative estimate of drug-likeness (QED) is 0.781. The molecule has 0 fully saturated rings. The Bertz CT molecular complexity index is 187. The zero-order chi connectivity index (χ0) is 15.0. The van der Waals surface area contributed by atoms with Gasteiger partial charge in [-0.05, 0) is 20.3 Å². The third-order valence-corrected chi connectivity index (χ3v) is 1.16. The summed E-state index contributed by atoms with van der Waals surface area (Å²) in [4.78, 5) is 29.2. The van der Waals surface area contributed by atoms with Crippen LogP contribution in [-0.4, -0.2) is 36.2 Å². The van der Waals surface area contributed by atoms with E-state index in [-0.39, 0.29) is 11.9 Å². The van der Waals surface area contributed by atoms with E-state index >= 15 is 0 Å². The van der Waals surface area contributed by atoms with Crippen molar-refractivity contribution in [3.8, 4) is 0 Å². The fourth-order valence-electron chi connectivity index (χ4n) is 0.620. The molecule has 6 heteroatoms. The lowest BCUT2D eigenvalue weighted by atomic mass is 10.4. The predicted molar refractivity (Wildman–Crippen MR) is 67.2 cm³/mol. The molecule has 0 aromatic carbocycles. The third kappa shape index (κ3) is 47.2. The molecule has 1 N–H and O–H groups in total. The fraction of sp³-hybridized carbons (Fsp3) is 0.750. The molecule has 0 saturated carbocycles. The molecule has 0 rings (SSSR count). The molecule has 0 heterocycles. The van der Waals surface area contributed by atoms with Gasteiger partial charge in [0.05, 0.1) is 13.2 Å². The molecule has 0 aliphatic carbocycles. The number of hydrogen-bond acceptors (Lipinski definition) is 5. The van der Waals surface area contributed by atoms with E-state index in [9.17, 15) is 14.4 Å². The van der Waals surface area contributed by atoms with Crippen LogP contribution in [0.3, 0.4) is 0 Å². The van der Waals surface area contributed by atoms with E-state index in [2.05, 4.69) is 9.47 Å². The summed E-state index contributed by atoms with van der Waals surface area (Å²) in [6.07, 6.45) is 1.02. The molecule has 0 saturated heterocycles. The first-order chi connectivity index (χ1) is 8.31. The second-order valence-electron chi connectivity index (χ2n) is 2.99. The summed E-state index contributed by atoms with van der Waals surface area (Å²) in [6.45, 7) is 9.15. The number of carboxylic acids is 1. The summed E-state index contributed by atoms with van der Waals surface area (Å²) >= 11 is 0. The minimum atomic E-state index is -0.711. The maximum absolute atomic E-state index is 9.82. The van der Waals surface area contributed by atoms with Crippen LogP contribution in [0.5, 0.6) is 0 Å². The largest absolute Gasteiger partial charge is 0.481 e. The Kier molecular flexibility index (Phi) is 21.4. The molecule has 0 aliphatic rings. The maximum atomic E-state index is 9.82. The van der Waals surface area contributed by atoms with Crippen LogP contribution in [0.15, 0.2) is 0 Å². The molecule has 0 spiro atoms. The Morgan fingerprint density at radius 1 is 0.889 bits per heavy atom. The van der Waals surface area contributed by atoms with Crippen molar-refractivity contribution in [2.45, 2.75) is 47.5 Å². The average molecular weight is 264 g/mol. The Hall–Kier alpha value is -1.59. The molecule has 6 nitrogen and oxygen atoms in total. The van der Waals surface area contributed by atoms with E-state index in [1.54, 1.807) is 13.8 Å². The van der Waals surface area contributed by atoms with E-state index in [1.807, 2.05) is 6.92 Å². The zero-order valence-corrected chi connectivity index (χ0v) is 11.8. The Morgan fingerprint density at radius 2 is 1.22 bits per heavy atom. The monoisotopic (exact) mass is 264 g/mol. The van der Waals surface area contributed by atoms with Crippen molar-refractivity contribution in [1.82, 2.24) is 0 Å². The highest BCUT2D eigenvalue weighted by Gasteiger charge is 1.87. The van der Waals surface area contributed by atoms with Gasteiger partial charge in [0, 0.05) is 20.3 Å². The van der Waals surface area contributed by atoms with E-state index in [4.69, 9.17) is 5.11 Å². The van der Waals surface area contributed by atoms with Gasteiger partial charge in [0.15, 0.2) is 0 Å². The van der Waals surface area contributed by atoms with Crippen molar-refractivity contribution in [2.75, 3.05) is 13.2 Å². The smallest absolute Gasteiger partial charge is 0.303 e. The minimum Gasteiger partial charge on any atom is -0.481 e. The number of ether oxygens (including phenoxy) is 2. The lowest BCUT2D eigenvalue weighted by Crippen LogP contribution is -1.95. The molecule has 0 unspecified atom stereocenters. The normalized spacial score (nSPS) is 7.83. The van der Waals surface area contributed by atoms with Crippen molar-refractivity contribution < 1.29 is 29.0 Å². The Balaban J connectivity index is -0.000000187. The first-order valence-corrected chi connectivity index (χ1v) is 5.80. The first-order valence-electron chi connectivity index (χ1n) is 5.80. The fourth-order valence-corrected chi connectivity index (χ4v) is 0.620. The van der Waals surface area contributed by atoms with E-state index in [0.29, 0.717) is 19.6 Å². The standard InChI is InChI=1S/3C4H8O2/c2*1-3-6-4(2)5;1-2-3-4(5)6/h2*3H2,1-2H3;2-3H2,1H3,(H,5,6). The molecule has 0 aromatic heterocycles. The van der Waals surface area contributed by atoms with Crippen LogP contribution < -0.4 is 0 Å². The number of esters is 2. The summed E-state index contributed by atoms with van der Waals surface area (Å²) in [5.41, 5.74) is 0. The topological polar surface area (TPSA) is 89.9 Å². The SMILES string of the molecule is CCCC(=O)O.CCOC(C)=O.CCOC(C)=O. The number of rotatable bonds is 4. The van der Waals surface area contributed by atoms with Gasteiger partial charge in [-0.3, -0.25) is 14.4 Å². The van der Waals surface area contributed by atoms with Gasteiger partial charge in [-0.1, -0.05) is 6.92 Å². The van der Waals surface area contributed by atoms with E-state index in [0.717, 1.165) is 6.42 Å². The van der Waals surface area contributed by atoms with Gasteiger partial charge in [-0.25, -0.2) is 0 Å². The van der Waals surface area contributed by atoms with Crippen molar-refractivity contribution >= 4 is 17.9 Å².